The van der Waals surface area contributed by atoms with Crippen LogP contribution < -0.4 is 4.74 Å². The van der Waals surface area contributed by atoms with Crippen molar-refractivity contribution in [2.45, 2.75) is 19.6 Å². The molecule has 0 fully saturated rings. The number of aliphatic hydroxyl groups is 1. The number of rotatable bonds is 4. The number of hydrogen-bond donors (Lipinski definition) is 1. The highest BCUT2D eigenvalue weighted by Crippen LogP contribution is 2.22. The number of halogens is 1. The zero-order chi connectivity index (χ0) is 13.0. The monoisotopic (exact) mass is 247 g/mol. The molecule has 2 aromatic rings. The Morgan fingerprint density at radius 2 is 2.17 bits per heavy atom. The number of hydrogen-bond acceptors (Lipinski definition) is 3. The van der Waals surface area contributed by atoms with Crippen molar-refractivity contribution in [3.63, 3.8) is 0 Å². The first kappa shape index (κ1) is 12.5. The topological polar surface area (TPSA) is 42.4 Å². The first-order valence-corrected chi connectivity index (χ1v) is 5.67. The van der Waals surface area contributed by atoms with Gasteiger partial charge in [-0.1, -0.05) is 12.1 Å². The van der Waals surface area contributed by atoms with Gasteiger partial charge in [0.2, 0.25) is 0 Å². The van der Waals surface area contributed by atoms with E-state index in [0.717, 1.165) is 5.69 Å². The van der Waals surface area contributed by atoms with E-state index in [4.69, 9.17) is 4.74 Å². The Morgan fingerprint density at radius 1 is 1.33 bits per heavy atom. The smallest absolute Gasteiger partial charge is 0.165 e. The third kappa shape index (κ3) is 3.05. The summed E-state index contributed by atoms with van der Waals surface area (Å²) < 4.78 is 19.0. The fourth-order valence-corrected chi connectivity index (χ4v) is 1.53. The van der Waals surface area contributed by atoms with Crippen LogP contribution in [0.5, 0.6) is 5.75 Å². The van der Waals surface area contributed by atoms with E-state index in [2.05, 4.69) is 4.98 Å². The molecule has 18 heavy (non-hydrogen) atoms. The van der Waals surface area contributed by atoms with E-state index in [0.29, 0.717) is 5.56 Å². The minimum atomic E-state index is -0.690. The van der Waals surface area contributed by atoms with Crippen molar-refractivity contribution in [2.75, 3.05) is 0 Å². The fourth-order valence-electron chi connectivity index (χ4n) is 1.53. The molecular weight excluding hydrogens is 233 g/mol. The van der Waals surface area contributed by atoms with Crippen LogP contribution in [-0.2, 0) is 6.61 Å². The van der Waals surface area contributed by atoms with Crippen molar-refractivity contribution in [1.29, 1.82) is 0 Å². The zero-order valence-corrected chi connectivity index (χ0v) is 10.0. The van der Waals surface area contributed by atoms with Gasteiger partial charge in [0.1, 0.15) is 6.61 Å². The zero-order valence-electron chi connectivity index (χ0n) is 10.0. The van der Waals surface area contributed by atoms with Crippen LogP contribution in [0.4, 0.5) is 4.39 Å². The molecule has 1 heterocycles. The molecule has 0 saturated heterocycles. The number of nitrogens with zero attached hydrogens (tertiary/aromatic N) is 1. The lowest BCUT2D eigenvalue weighted by molar-refractivity contribution is 0.198. The maximum atomic E-state index is 13.7. The quantitative estimate of drug-likeness (QED) is 0.903. The number of aliphatic hydroxyl groups excluding tert-OH is 1. The predicted octanol–water partition coefficient (Wildman–Crippen LogP) is 2.85. The van der Waals surface area contributed by atoms with E-state index < -0.39 is 11.9 Å². The van der Waals surface area contributed by atoms with E-state index in [9.17, 15) is 9.50 Å². The van der Waals surface area contributed by atoms with Gasteiger partial charge in [-0.3, -0.25) is 4.98 Å². The number of pyridine rings is 1. The highest BCUT2D eigenvalue weighted by atomic mass is 19.1. The van der Waals surface area contributed by atoms with Gasteiger partial charge in [-0.25, -0.2) is 4.39 Å². The van der Waals surface area contributed by atoms with Crippen molar-refractivity contribution < 1.29 is 14.2 Å². The largest absolute Gasteiger partial charge is 0.484 e. The average Bonchev–Trinajstić information content (AvgIpc) is 2.38. The third-order valence-corrected chi connectivity index (χ3v) is 2.54. The maximum absolute atomic E-state index is 13.7. The molecule has 1 unspecified atom stereocenters. The van der Waals surface area contributed by atoms with Crippen molar-refractivity contribution in [2.24, 2.45) is 0 Å². The van der Waals surface area contributed by atoms with Crippen molar-refractivity contribution in [1.82, 2.24) is 4.98 Å². The van der Waals surface area contributed by atoms with E-state index in [-0.39, 0.29) is 12.4 Å². The van der Waals surface area contributed by atoms with Gasteiger partial charge in [0.05, 0.1) is 11.8 Å². The molecule has 0 aliphatic rings. The summed E-state index contributed by atoms with van der Waals surface area (Å²) in [4.78, 5) is 4.08. The van der Waals surface area contributed by atoms with E-state index in [1.54, 1.807) is 19.2 Å². The molecule has 0 aliphatic heterocycles. The van der Waals surface area contributed by atoms with Gasteiger partial charge < -0.3 is 9.84 Å². The summed E-state index contributed by atoms with van der Waals surface area (Å²) in [7, 11) is 0. The maximum Gasteiger partial charge on any atom is 0.165 e. The molecule has 1 aromatic carbocycles. The molecule has 4 heteroatoms. The normalized spacial score (nSPS) is 12.2. The van der Waals surface area contributed by atoms with Gasteiger partial charge in [-0.2, -0.15) is 0 Å². The average molecular weight is 247 g/mol. The Bertz CT molecular complexity index is 514. The Hall–Kier alpha value is -1.94. The summed E-state index contributed by atoms with van der Waals surface area (Å²) in [6.07, 6.45) is 0.968. The number of aromatic nitrogens is 1. The molecule has 0 saturated carbocycles. The van der Waals surface area contributed by atoms with Gasteiger partial charge in [-0.15, -0.1) is 0 Å². The van der Waals surface area contributed by atoms with Gasteiger partial charge in [0.25, 0.3) is 0 Å². The Kier molecular flexibility index (Phi) is 3.89. The number of benzene rings is 1. The second kappa shape index (κ2) is 5.60. The van der Waals surface area contributed by atoms with E-state index in [1.165, 1.54) is 12.1 Å². The molecule has 1 aromatic heterocycles. The first-order chi connectivity index (χ1) is 8.66. The Morgan fingerprint density at radius 3 is 2.78 bits per heavy atom. The van der Waals surface area contributed by atoms with Crippen LogP contribution in [-0.4, -0.2) is 10.1 Å². The van der Waals surface area contributed by atoms with Gasteiger partial charge in [0.15, 0.2) is 11.6 Å². The lowest BCUT2D eigenvalue weighted by Crippen LogP contribution is -2.00. The Labute approximate surface area is 105 Å². The van der Waals surface area contributed by atoms with Gasteiger partial charge >= 0.3 is 0 Å². The van der Waals surface area contributed by atoms with Crippen LogP contribution in [0.15, 0.2) is 42.6 Å². The Balaban J connectivity index is 2.06. The second-order valence-corrected chi connectivity index (χ2v) is 3.98. The van der Waals surface area contributed by atoms with Gasteiger partial charge in [0, 0.05) is 6.20 Å². The second-order valence-electron chi connectivity index (χ2n) is 3.98. The minimum absolute atomic E-state index is 0.157. The third-order valence-electron chi connectivity index (χ3n) is 2.54. The molecule has 0 amide bonds. The SMILES string of the molecule is CC(O)c1ccc(OCc2ccccn2)c(F)c1. The molecule has 0 spiro atoms. The minimum Gasteiger partial charge on any atom is -0.484 e. The summed E-state index contributed by atoms with van der Waals surface area (Å²) in [6.45, 7) is 1.80. The lowest BCUT2D eigenvalue weighted by atomic mass is 10.1. The molecule has 0 aliphatic carbocycles. The van der Waals surface area contributed by atoms with Crippen molar-refractivity contribution >= 4 is 0 Å². The highest BCUT2D eigenvalue weighted by molar-refractivity contribution is 5.30. The molecule has 0 bridgehead atoms. The van der Waals surface area contributed by atoms with Gasteiger partial charge in [-0.05, 0) is 36.8 Å². The first-order valence-electron chi connectivity index (χ1n) is 5.67. The molecular formula is C14H14FNO2. The summed E-state index contributed by atoms with van der Waals surface area (Å²) in [5.74, 6) is -0.325. The van der Waals surface area contributed by atoms with E-state index in [1.807, 2.05) is 18.2 Å². The van der Waals surface area contributed by atoms with Crippen LogP contribution in [0, 0.1) is 5.82 Å². The molecule has 1 atom stereocenters. The molecule has 94 valence electrons. The summed E-state index contributed by atoms with van der Waals surface area (Å²) in [5, 5.41) is 9.33. The van der Waals surface area contributed by atoms with Crippen molar-refractivity contribution in [3.8, 4) is 5.75 Å². The summed E-state index contributed by atoms with van der Waals surface area (Å²) in [5.41, 5.74) is 1.26. The highest BCUT2D eigenvalue weighted by Gasteiger charge is 2.08. The predicted molar refractivity (Wildman–Crippen MR) is 65.6 cm³/mol. The molecule has 3 nitrogen and oxygen atoms in total. The fraction of sp³-hybridized carbons (Fsp3) is 0.214. The van der Waals surface area contributed by atoms with Crippen LogP contribution in [0.25, 0.3) is 0 Å². The standard InChI is InChI=1S/C14H14FNO2/c1-10(17)11-5-6-14(13(15)8-11)18-9-12-4-2-3-7-16-12/h2-8,10,17H,9H2,1H3. The van der Waals surface area contributed by atoms with Crippen LogP contribution in [0.2, 0.25) is 0 Å². The van der Waals surface area contributed by atoms with Crippen LogP contribution >= 0.6 is 0 Å². The summed E-state index contributed by atoms with van der Waals surface area (Å²) >= 11 is 0. The number of ether oxygens (including phenoxy) is 1. The molecule has 2 rings (SSSR count). The van der Waals surface area contributed by atoms with E-state index >= 15 is 0 Å². The molecule has 1 N–H and O–H groups in total. The van der Waals surface area contributed by atoms with Crippen LogP contribution in [0.3, 0.4) is 0 Å². The molecule has 0 radical (unpaired) electrons. The summed E-state index contributed by atoms with van der Waals surface area (Å²) in [6, 6.07) is 9.89. The lowest BCUT2D eigenvalue weighted by Gasteiger charge is -2.09. The van der Waals surface area contributed by atoms with Crippen molar-refractivity contribution in [3.05, 3.63) is 59.7 Å². The van der Waals surface area contributed by atoms with Crippen LogP contribution in [0.1, 0.15) is 24.3 Å².